The van der Waals surface area contributed by atoms with Crippen LogP contribution in [0.4, 0.5) is 8.78 Å². The van der Waals surface area contributed by atoms with E-state index in [-0.39, 0.29) is 23.8 Å². The molecule has 3 nitrogen and oxygen atoms in total. The number of amides is 1. The molecule has 2 aromatic carbocycles. The molecule has 0 saturated carbocycles. The van der Waals surface area contributed by atoms with Gasteiger partial charge in [-0.1, -0.05) is 30.3 Å². The molecule has 1 aliphatic heterocycles. The van der Waals surface area contributed by atoms with Crippen molar-refractivity contribution in [1.29, 1.82) is 0 Å². The van der Waals surface area contributed by atoms with E-state index in [9.17, 15) is 13.6 Å². The quantitative estimate of drug-likeness (QED) is 0.934. The molecule has 120 valence electrons. The fourth-order valence-corrected chi connectivity index (χ4v) is 2.63. The highest BCUT2D eigenvalue weighted by atomic mass is 19.3. The smallest absolute Gasteiger partial charge is 0.270 e. The first-order valence-corrected chi connectivity index (χ1v) is 7.45. The van der Waals surface area contributed by atoms with E-state index in [0.29, 0.717) is 24.1 Å². The molecule has 0 atom stereocenters. The third kappa shape index (κ3) is 3.33. The molecule has 0 bridgehead atoms. The average molecular weight is 317 g/mol. The zero-order valence-electron chi connectivity index (χ0n) is 12.7. The van der Waals surface area contributed by atoms with Crippen LogP contribution in [0.25, 0.3) is 0 Å². The maximum atomic E-state index is 13.7. The monoisotopic (exact) mass is 317 g/mol. The first-order valence-electron chi connectivity index (χ1n) is 7.45. The summed E-state index contributed by atoms with van der Waals surface area (Å²) in [5.74, 6) is -3.05. The van der Waals surface area contributed by atoms with E-state index >= 15 is 0 Å². The fourth-order valence-electron chi connectivity index (χ4n) is 2.63. The molecule has 1 aliphatic rings. The summed E-state index contributed by atoms with van der Waals surface area (Å²) in [6, 6.07) is 12.1. The summed E-state index contributed by atoms with van der Waals surface area (Å²) in [5, 5.41) is 2.73. The minimum absolute atomic E-state index is 0.131. The lowest BCUT2D eigenvalue weighted by Gasteiger charge is -2.23. The van der Waals surface area contributed by atoms with Crippen LogP contribution >= 0.6 is 0 Å². The van der Waals surface area contributed by atoms with Crippen molar-refractivity contribution in [2.75, 3.05) is 6.54 Å². The van der Waals surface area contributed by atoms with Crippen LogP contribution in [0, 0.1) is 0 Å². The van der Waals surface area contributed by atoms with Gasteiger partial charge in [0.1, 0.15) is 12.4 Å². The number of carbonyl (C=O) groups is 1. The van der Waals surface area contributed by atoms with Gasteiger partial charge >= 0.3 is 0 Å². The van der Waals surface area contributed by atoms with Gasteiger partial charge in [0, 0.05) is 19.0 Å². The fraction of sp³-hybridized carbons (Fsp3) is 0.278. The van der Waals surface area contributed by atoms with Crippen LogP contribution in [-0.2, 0) is 19.0 Å². The van der Waals surface area contributed by atoms with Crippen molar-refractivity contribution in [1.82, 2.24) is 5.32 Å². The van der Waals surface area contributed by atoms with Crippen LogP contribution in [0.2, 0.25) is 0 Å². The first kappa shape index (κ1) is 15.5. The van der Waals surface area contributed by atoms with Crippen LogP contribution < -0.4 is 10.1 Å². The lowest BCUT2D eigenvalue weighted by atomic mass is 9.95. The van der Waals surface area contributed by atoms with Crippen LogP contribution in [-0.4, -0.2) is 12.5 Å². The molecule has 0 spiro atoms. The summed E-state index contributed by atoms with van der Waals surface area (Å²) in [4.78, 5) is 12.1. The normalized spacial score (nSPS) is 14.1. The predicted octanol–water partition coefficient (Wildman–Crippen LogP) is 3.66. The molecule has 1 amide bonds. The molecule has 1 N–H and O–H groups in total. The molecule has 1 heterocycles. The van der Waals surface area contributed by atoms with Crippen molar-refractivity contribution in [2.45, 2.75) is 25.9 Å². The number of hydrogen-bond donors (Lipinski definition) is 1. The zero-order valence-corrected chi connectivity index (χ0v) is 12.7. The second-order valence-electron chi connectivity index (χ2n) is 5.68. The second kappa shape index (κ2) is 5.99. The van der Waals surface area contributed by atoms with Gasteiger partial charge in [-0.3, -0.25) is 4.79 Å². The Morgan fingerprint density at radius 2 is 1.96 bits per heavy atom. The molecule has 2 aromatic rings. The molecule has 5 heteroatoms. The van der Waals surface area contributed by atoms with Crippen LogP contribution in [0.5, 0.6) is 5.75 Å². The molecular formula is C18H17F2NO2. The van der Waals surface area contributed by atoms with Crippen molar-refractivity contribution in [2.24, 2.45) is 0 Å². The van der Waals surface area contributed by atoms with Crippen molar-refractivity contribution in [3.05, 3.63) is 64.7 Å². The van der Waals surface area contributed by atoms with Crippen LogP contribution in [0.1, 0.15) is 34.0 Å². The number of hydrogen-bond acceptors (Lipinski definition) is 2. The van der Waals surface area contributed by atoms with E-state index < -0.39 is 5.92 Å². The Morgan fingerprint density at radius 1 is 1.22 bits per heavy atom. The molecule has 0 aromatic heterocycles. The third-order valence-electron chi connectivity index (χ3n) is 3.83. The van der Waals surface area contributed by atoms with E-state index in [0.717, 1.165) is 12.5 Å². The lowest BCUT2D eigenvalue weighted by molar-refractivity contribution is 0.0170. The third-order valence-corrected chi connectivity index (χ3v) is 3.83. The van der Waals surface area contributed by atoms with Gasteiger partial charge in [-0.15, -0.1) is 0 Å². The lowest BCUT2D eigenvalue weighted by Crippen LogP contribution is -2.32. The second-order valence-corrected chi connectivity index (χ2v) is 5.68. The van der Waals surface area contributed by atoms with Crippen molar-refractivity contribution in [3.8, 4) is 5.75 Å². The minimum Gasteiger partial charge on any atom is -0.488 e. The number of ether oxygens (including phenoxy) is 1. The Labute approximate surface area is 133 Å². The van der Waals surface area contributed by atoms with Crippen LogP contribution in [0.15, 0.2) is 42.5 Å². The molecule has 3 rings (SSSR count). The highest BCUT2D eigenvalue weighted by Gasteiger charge is 2.30. The number of fused-ring (bicyclic) bond motifs is 1. The Kier molecular flexibility index (Phi) is 4.03. The van der Waals surface area contributed by atoms with E-state index in [4.69, 9.17) is 4.74 Å². The summed E-state index contributed by atoms with van der Waals surface area (Å²) in [6.45, 7) is 1.51. The van der Waals surface area contributed by atoms with Crippen molar-refractivity contribution in [3.63, 3.8) is 0 Å². The highest BCUT2D eigenvalue weighted by molar-refractivity contribution is 5.99. The van der Waals surface area contributed by atoms with Gasteiger partial charge in [-0.05, 0) is 29.7 Å². The largest absolute Gasteiger partial charge is 0.488 e. The zero-order chi connectivity index (χ0) is 16.4. The van der Waals surface area contributed by atoms with E-state index in [1.165, 1.54) is 12.1 Å². The van der Waals surface area contributed by atoms with E-state index in [2.05, 4.69) is 5.32 Å². The number of rotatable bonds is 4. The van der Waals surface area contributed by atoms with Crippen molar-refractivity contribution < 1.29 is 18.3 Å². The van der Waals surface area contributed by atoms with Gasteiger partial charge in [0.05, 0.1) is 5.56 Å². The van der Waals surface area contributed by atoms with Gasteiger partial charge in [0.15, 0.2) is 0 Å². The van der Waals surface area contributed by atoms with Gasteiger partial charge < -0.3 is 10.1 Å². The van der Waals surface area contributed by atoms with Gasteiger partial charge in [-0.25, -0.2) is 8.78 Å². The molecule has 0 saturated heterocycles. The molecule has 0 aliphatic carbocycles. The topological polar surface area (TPSA) is 38.3 Å². The molecule has 0 radical (unpaired) electrons. The molecule has 0 unspecified atom stereocenters. The van der Waals surface area contributed by atoms with Gasteiger partial charge in [0.2, 0.25) is 0 Å². The van der Waals surface area contributed by atoms with Crippen LogP contribution in [0.3, 0.4) is 0 Å². The van der Waals surface area contributed by atoms with Gasteiger partial charge in [-0.2, -0.15) is 0 Å². The Hall–Kier alpha value is -2.43. The number of nitrogens with one attached hydrogen (secondary N) is 1. The maximum absolute atomic E-state index is 13.7. The number of benzene rings is 2. The summed E-state index contributed by atoms with van der Waals surface area (Å²) in [7, 11) is 0. The first-order chi connectivity index (χ1) is 10.9. The summed E-state index contributed by atoms with van der Waals surface area (Å²) in [5.41, 5.74) is 1.75. The highest BCUT2D eigenvalue weighted by Crippen LogP contribution is 2.35. The molecular weight excluding hydrogens is 300 g/mol. The number of alkyl halides is 2. The molecule has 23 heavy (non-hydrogen) atoms. The summed E-state index contributed by atoms with van der Waals surface area (Å²) >= 11 is 0. The average Bonchev–Trinajstić information content (AvgIpc) is 2.52. The standard InChI is InChI=1S/C18H17F2NO2/c1-18(19,20)14-9-13-7-8-21-17(22)16(13)15(10-14)23-11-12-5-3-2-4-6-12/h2-6,9-10H,7-8,11H2,1H3,(H,21,22). The number of carbonyl (C=O) groups excluding carboxylic acids is 1. The van der Waals surface area contributed by atoms with E-state index in [1.54, 1.807) is 0 Å². The van der Waals surface area contributed by atoms with E-state index in [1.807, 2.05) is 30.3 Å². The molecule has 0 fully saturated rings. The summed E-state index contributed by atoms with van der Waals surface area (Å²) < 4.78 is 33.1. The van der Waals surface area contributed by atoms with Gasteiger partial charge in [0.25, 0.3) is 11.8 Å². The predicted molar refractivity (Wildman–Crippen MR) is 82.8 cm³/mol. The summed E-state index contributed by atoms with van der Waals surface area (Å²) in [6.07, 6.45) is 0.521. The Bertz CT molecular complexity index is 724. The minimum atomic E-state index is -2.98. The van der Waals surface area contributed by atoms with Crippen molar-refractivity contribution >= 4 is 5.91 Å². The number of halogens is 2. The SMILES string of the molecule is CC(F)(F)c1cc2c(c(OCc3ccccc3)c1)C(=O)NCC2. The maximum Gasteiger partial charge on any atom is 0.270 e. The Morgan fingerprint density at radius 3 is 2.65 bits per heavy atom. The Balaban J connectivity index is 1.98.